The highest BCUT2D eigenvalue weighted by molar-refractivity contribution is 7.23. The first-order valence-electron chi connectivity index (χ1n) is 9.75. The highest BCUT2D eigenvalue weighted by Crippen LogP contribution is 2.46. The minimum Gasteiger partial charge on any atom is -0.506 e. The van der Waals surface area contributed by atoms with Crippen molar-refractivity contribution in [2.75, 3.05) is 13.2 Å². The maximum atomic E-state index is 10.4. The quantitative estimate of drug-likeness (QED) is 0.552. The van der Waals surface area contributed by atoms with Crippen molar-refractivity contribution in [2.24, 2.45) is 4.99 Å². The average Bonchev–Trinajstić information content (AvgIpc) is 3.06. The van der Waals surface area contributed by atoms with Crippen LogP contribution in [-0.2, 0) is 13.0 Å². The van der Waals surface area contributed by atoms with Crippen LogP contribution >= 0.6 is 11.3 Å². The van der Waals surface area contributed by atoms with Gasteiger partial charge in [0.05, 0.1) is 11.3 Å². The maximum Gasteiger partial charge on any atom is 0.133 e. The molecular weight excluding hydrogens is 368 g/mol. The van der Waals surface area contributed by atoms with Gasteiger partial charge in [-0.15, -0.1) is 11.3 Å². The Labute approximate surface area is 170 Å². The third-order valence-electron chi connectivity index (χ3n) is 4.95. The number of aliphatic hydroxyl groups excluding tert-OH is 1. The number of phenols is 1. The zero-order valence-corrected chi connectivity index (χ0v) is 17.3. The van der Waals surface area contributed by atoms with E-state index in [1.165, 1.54) is 5.56 Å². The summed E-state index contributed by atoms with van der Waals surface area (Å²) in [5, 5.41) is 22.1. The molecule has 0 saturated heterocycles. The Kier molecular flexibility index (Phi) is 6.70. The standard InChI is InChI=1S/C23H28N2O2S/c1-4-6-8-16(3)14-20-24-23-18(15-25(20)12-13-26)21-17(9-7-5-2)10-11-19(27)22(21)28-23/h4,6,8,10-11,26-27H,1,3,5,7,9,12-15H2,2H3/b8-6-. The third kappa shape index (κ3) is 4.21. The number of aliphatic imine (C=N–C) groups is 1. The summed E-state index contributed by atoms with van der Waals surface area (Å²) in [4.78, 5) is 7.03. The van der Waals surface area contributed by atoms with Gasteiger partial charge in [-0.25, -0.2) is 4.99 Å². The predicted octanol–water partition coefficient (Wildman–Crippen LogP) is 5.48. The van der Waals surface area contributed by atoms with E-state index in [4.69, 9.17) is 4.99 Å². The second-order valence-corrected chi connectivity index (χ2v) is 8.04. The molecule has 1 aromatic heterocycles. The van der Waals surface area contributed by atoms with Crippen LogP contribution in [0, 0.1) is 0 Å². The number of fused-ring (bicyclic) bond motifs is 3. The lowest BCUT2D eigenvalue weighted by Crippen LogP contribution is -2.35. The van der Waals surface area contributed by atoms with Crippen molar-refractivity contribution in [3.63, 3.8) is 0 Å². The SMILES string of the molecule is C=C/C=C\C(=C)CC1=Nc2sc3c(O)ccc(CCCC)c3c2CN1CCO. The molecule has 2 N–H and O–H groups in total. The molecule has 0 unspecified atom stereocenters. The Morgan fingerprint density at radius 1 is 1.39 bits per heavy atom. The number of hydrogen-bond donors (Lipinski definition) is 2. The van der Waals surface area contributed by atoms with Gasteiger partial charge in [-0.3, -0.25) is 0 Å². The third-order valence-corrected chi connectivity index (χ3v) is 6.10. The minimum absolute atomic E-state index is 0.0688. The van der Waals surface area contributed by atoms with E-state index in [1.54, 1.807) is 23.5 Å². The fourth-order valence-corrected chi connectivity index (χ4v) is 4.70. The number of amidine groups is 1. The zero-order valence-electron chi connectivity index (χ0n) is 16.4. The number of hydrogen-bond acceptors (Lipinski definition) is 5. The van der Waals surface area contributed by atoms with Gasteiger partial charge in [0.15, 0.2) is 0 Å². The molecule has 0 spiro atoms. The molecule has 0 aliphatic carbocycles. The molecule has 3 rings (SSSR count). The summed E-state index contributed by atoms with van der Waals surface area (Å²) in [6, 6.07) is 3.84. The lowest BCUT2D eigenvalue weighted by molar-refractivity contribution is 0.244. The molecule has 5 heteroatoms. The fraction of sp³-hybridized carbons (Fsp3) is 0.348. The molecule has 2 heterocycles. The molecule has 0 fully saturated rings. The summed E-state index contributed by atoms with van der Waals surface area (Å²) in [6.45, 7) is 11.3. The summed E-state index contributed by atoms with van der Waals surface area (Å²) >= 11 is 1.55. The fourth-order valence-electron chi connectivity index (χ4n) is 3.54. The second kappa shape index (κ2) is 9.22. The van der Waals surface area contributed by atoms with Gasteiger partial charge in [0.1, 0.15) is 16.6 Å². The Hall–Kier alpha value is -2.37. The second-order valence-electron chi connectivity index (χ2n) is 7.04. The van der Waals surface area contributed by atoms with Crippen LogP contribution in [0.2, 0.25) is 0 Å². The summed E-state index contributed by atoms with van der Waals surface area (Å²) in [5.41, 5.74) is 3.37. The van der Waals surface area contributed by atoms with E-state index < -0.39 is 0 Å². The molecule has 4 nitrogen and oxygen atoms in total. The molecule has 1 aromatic carbocycles. The molecule has 0 atom stereocenters. The van der Waals surface area contributed by atoms with E-state index in [0.29, 0.717) is 25.3 Å². The predicted molar refractivity (Wildman–Crippen MR) is 120 cm³/mol. The molecule has 0 radical (unpaired) electrons. The van der Waals surface area contributed by atoms with Gasteiger partial charge in [0.2, 0.25) is 0 Å². The van der Waals surface area contributed by atoms with Crippen molar-refractivity contribution in [3.8, 4) is 5.75 Å². The highest BCUT2D eigenvalue weighted by Gasteiger charge is 2.25. The molecule has 0 amide bonds. The van der Waals surface area contributed by atoms with Gasteiger partial charge in [-0.05, 0) is 30.0 Å². The normalized spacial score (nSPS) is 13.8. The number of allylic oxidation sites excluding steroid dienone is 3. The summed E-state index contributed by atoms with van der Waals surface area (Å²) in [6.07, 6.45) is 9.39. The van der Waals surface area contributed by atoms with Crippen LogP contribution in [0.3, 0.4) is 0 Å². The van der Waals surface area contributed by atoms with Crippen molar-refractivity contribution >= 4 is 32.3 Å². The van der Waals surface area contributed by atoms with Crippen LogP contribution in [0.5, 0.6) is 5.75 Å². The summed E-state index contributed by atoms with van der Waals surface area (Å²) in [7, 11) is 0. The van der Waals surface area contributed by atoms with Gasteiger partial charge in [0, 0.05) is 30.5 Å². The number of unbranched alkanes of at least 4 members (excludes halogenated alkanes) is 1. The van der Waals surface area contributed by atoms with Crippen molar-refractivity contribution in [1.82, 2.24) is 4.90 Å². The Morgan fingerprint density at radius 2 is 2.21 bits per heavy atom. The number of phenolic OH excluding ortho intramolecular Hbond substituents is 1. The molecule has 0 bridgehead atoms. The van der Waals surface area contributed by atoms with E-state index in [1.807, 2.05) is 18.2 Å². The molecule has 1 aliphatic rings. The van der Waals surface area contributed by atoms with Crippen molar-refractivity contribution in [1.29, 1.82) is 0 Å². The van der Waals surface area contributed by atoms with Crippen LogP contribution in [0.25, 0.3) is 10.1 Å². The van der Waals surface area contributed by atoms with Crippen LogP contribution in [-0.4, -0.2) is 34.1 Å². The van der Waals surface area contributed by atoms with E-state index >= 15 is 0 Å². The topological polar surface area (TPSA) is 56.1 Å². The van der Waals surface area contributed by atoms with Crippen molar-refractivity contribution in [3.05, 3.63) is 60.2 Å². The Balaban J connectivity index is 2.05. The van der Waals surface area contributed by atoms with E-state index in [9.17, 15) is 10.2 Å². The Morgan fingerprint density at radius 3 is 2.93 bits per heavy atom. The number of thiophene rings is 1. The number of β-amino-alcohol motifs (C(OH)–C–C–N with tert-alkyl or cyclic N) is 1. The largest absolute Gasteiger partial charge is 0.506 e. The van der Waals surface area contributed by atoms with Crippen molar-refractivity contribution in [2.45, 2.75) is 39.2 Å². The summed E-state index contributed by atoms with van der Waals surface area (Å²) < 4.78 is 0.915. The van der Waals surface area contributed by atoms with Gasteiger partial charge < -0.3 is 15.1 Å². The van der Waals surface area contributed by atoms with Gasteiger partial charge >= 0.3 is 0 Å². The van der Waals surface area contributed by atoms with Gasteiger partial charge in [-0.1, -0.05) is 50.8 Å². The van der Waals surface area contributed by atoms with E-state index in [-0.39, 0.29) is 6.61 Å². The monoisotopic (exact) mass is 396 g/mol. The molecule has 2 aromatic rings. The first-order chi connectivity index (χ1) is 13.6. The number of aryl methyl sites for hydroxylation is 1. The van der Waals surface area contributed by atoms with Gasteiger partial charge in [0.25, 0.3) is 0 Å². The lowest BCUT2D eigenvalue weighted by Gasteiger charge is -2.29. The molecule has 28 heavy (non-hydrogen) atoms. The van der Waals surface area contributed by atoms with Gasteiger partial charge in [-0.2, -0.15) is 0 Å². The van der Waals surface area contributed by atoms with Crippen molar-refractivity contribution < 1.29 is 10.2 Å². The average molecular weight is 397 g/mol. The number of rotatable bonds is 9. The van der Waals surface area contributed by atoms with Crippen LogP contribution in [0.15, 0.2) is 54.1 Å². The van der Waals surface area contributed by atoms with Crippen LogP contribution in [0.4, 0.5) is 5.00 Å². The summed E-state index contributed by atoms with van der Waals surface area (Å²) in [5.74, 6) is 1.22. The zero-order chi connectivity index (χ0) is 20.1. The highest BCUT2D eigenvalue weighted by atomic mass is 32.1. The Bertz CT molecular complexity index is 940. The first-order valence-corrected chi connectivity index (χ1v) is 10.6. The smallest absolute Gasteiger partial charge is 0.133 e. The maximum absolute atomic E-state index is 10.4. The molecule has 148 valence electrons. The number of aliphatic hydroxyl groups is 1. The number of nitrogens with zero attached hydrogens (tertiary/aromatic N) is 2. The minimum atomic E-state index is 0.0688. The number of aromatic hydroxyl groups is 1. The first kappa shape index (κ1) is 20.4. The number of benzene rings is 1. The molecule has 0 saturated carbocycles. The lowest BCUT2D eigenvalue weighted by atomic mass is 9.99. The van der Waals surface area contributed by atoms with Crippen LogP contribution in [0.1, 0.15) is 37.3 Å². The molecular formula is C23H28N2O2S. The van der Waals surface area contributed by atoms with E-state index in [2.05, 4.69) is 25.0 Å². The van der Waals surface area contributed by atoms with E-state index in [0.717, 1.165) is 51.3 Å². The van der Waals surface area contributed by atoms with Crippen LogP contribution < -0.4 is 0 Å². The molecule has 1 aliphatic heterocycles.